The van der Waals surface area contributed by atoms with E-state index >= 15 is 0 Å². The molecule has 0 aliphatic heterocycles. The van der Waals surface area contributed by atoms with Gasteiger partial charge in [-0.05, 0) is 25.1 Å². The Hall–Kier alpha value is -2.08. The molecule has 0 aliphatic carbocycles. The lowest BCUT2D eigenvalue weighted by atomic mass is 10.2. The normalized spacial score (nSPS) is 10.3. The number of amides is 1. The van der Waals surface area contributed by atoms with Gasteiger partial charge in [-0.2, -0.15) is 5.10 Å². The van der Waals surface area contributed by atoms with E-state index in [0.717, 1.165) is 0 Å². The van der Waals surface area contributed by atoms with Gasteiger partial charge in [0.2, 0.25) is 0 Å². The smallest absolute Gasteiger partial charge is 0.255 e. The number of benzene rings is 1. The van der Waals surface area contributed by atoms with Crippen LogP contribution in [0.4, 0.5) is 0 Å². The van der Waals surface area contributed by atoms with Crippen LogP contribution in [0.15, 0.2) is 18.2 Å². The van der Waals surface area contributed by atoms with Crippen molar-refractivity contribution in [1.82, 2.24) is 20.5 Å². The lowest BCUT2D eigenvalue weighted by molar-refractivity contribution is 0.0947. The van der Waals surface area contributed by atoms with Gasteiger partial charge in [-0.15, -0.1) is 0 Å². The highest BCUT2D eigenvalue weighted by Crippen LogP contribution is 2.22. The minimum Gasteiger partial charge on any atom is -0.496 e. The molecule has 0 spiro atoms. The molecule has 19 heavy (non-hydrogen) atoms. The third kappa shape index (κ3) is 3.23. The number of carbonyl (C=O) groups is 1. The van der Waals surface area contributed by atoms with E-state index in [1.165, 1.54) is 7.11 Å². The fourth-order valence-corrected chi connectivity index (χ4v) is 1.74. The molecule has 2 aromatic rings. The van der Waals surface area contributed by atoms with Gasteiger partial charge in [0.25, 0.3) is 5.91 Å². The number of aryl methyl sites for hydroxylation is 1. The molecule has 0 unspecified atom stereocenters. The maximum absolute atomic E-state index is 12.0. The maximum atomic E-state index is 12.0. The molecule has 0 radical (unpaired) electrons. The van der Waals surface area contributed by atoms with Crippen LogP contribution in [0.1, 0.15) is 22.0 Å². The second kappa shape index (κ2) is 5.71. The number of methoxy groups -OCH3 is 1. The predicted molar refractivity (Wildman–Crippen MR) is 70.3 cm³/mol. The number of aromatic nitrogens is 3. The maximum Gasteiger partial charge on any atom is 0.255 e. The molecule has 0 atom stereocenters. The van der Waals surface area contributed by atoms with E-state index in [1.807, 2.05) is 0 Å². The van der Waals surface area contributed by atoms with Crippen LogP contribution in [0.2, 0.25) is 5.02 Å². The molecule has 0 fully saturated rings. The summed E-state index contributed by atoms with van der Waals surface area (Å²) < 4.78 is 5.12. The van der Waals surface area contributed by atoms with Crippen LogP contribution in [0.5, 0.6) is 5.75 Å². The van der Waals surface area contributed by atoms with Crippen molar-refractivity contribution in [3.8, 4) is 5.75 Å². The molecule has 0 aliphatic rings. The molecule has 0 saturated carbocycles. The SMILES string of the molecule is COc1cc(Cl)ccc1C(=O)NCc1n[nH]c(C)n1. The molecule has 1 heterocycles. The van der Waals surface area contributed by atoms with Crippen LogP contribution in [0.3, 0.4) is 0 Å². The Balaban J connectivity index is 2.07. The highest BCUT2D eigenvalue weighted by molar-refractivity contribution is 6.30. The van der Waals surface area contributed by atoms with Crippen LogP contribution >= 0.6 is 11.6 Å². The van der Waals surface area contributed by atoms with Gasteiger partial charge in [0.1, 0.15) is 11.6 Å². The predicted octanol–water partition coefficient (Wildman–Crippen LogP) is 1.71. The first-order chi connectivity index (χ1) is 9.10. The molecular formula is C12H13ClN4O2. The van der Waals surface area contributed by atoms with E-state index in [4.69, 9.17) is 16.3 Å². The number of H-pyrrole nitrogens is 1. The second-order valence-electron chi connectivity index (χ2n) is 3.86. The van der Waals surface area contributed by atoms with Gasteiger partial charge in [0.15, 0.2) is 5.82 Å². The number of hydrogen-bond acceptors (Lipinski definition) is 4. The number of carbonyl (C=O) groups excluding carboxylic acids is 1. The summed E-state index contributed by atoms with van der Waals surface area (Å²) in [6.45, 7) is 2.04. The lowest BCUT2D eigenvalue weighted by Crippen LogP contribution is -2.24. The average molecular weight is 281 g/mol. The Morgan fingerprint density at radius 2 is 2.32 bits per heavy atom. The largest absolute Gasteiger partial charge is 0.496 e. The third-order valence-corrected chi connectivity index (χ3v) is 2.69. The number of nitrogens with one attached hydrogen (secondary N) is 2. The van der Waals surface area contributed by atoms with Crippen LogP contribution in [0, 0.1) is 6.92 Å². The molecule has 1 amide bonds. The van der Waals surface area contributed by atoms with Crippen molar-refractivity contribution < 1.29 is 9.53 Å². The monoisotopic (exact) mass is 280 g/mol. The van der Waals surface area contributed by atoms with Crippen LogP contribution in [-0.2, 0) is 6.54 Å². The highest BCUT2D eigenvalue weighted by Gasteiger charge is 2.13. The molecule has 2 N–H and O–H groups in total. The van der Waals surface area contributed by atoms with E-state index in [9.17, 15) is 4.79 Å². The van der Waals surface area contributed by atoms with Crippen molar-refractivity contribution in [3.05, 3.63) is 40.4 Å². The summed E-state index contributed by atoms with van der Waals surface area (Å²) in [6.07, 6.45) is 0. The second-order valence-corrected chi connectivity index (χ2v) is 4.30. The van der Waals surface area contributed by atoms with Gasteiger partial charge >= 0.3 is 0 Å². The molecule has 7 heteroatoms. The van der Waals surface area contributed by atoms with Gasteiger partial charge in [-0.25, -0.2) is 4.98 Å². The van der Waals surface area contributed by atoms with Crippen LogP contribution in [0.25, 0.3) is 0 Å². The van der Waals surface area contributed by atoms with Crippen molar-refractivity contribution in [2.45, 2.75) is 13.5 Å². The van der Waals surface area contributed by atoms with E-state index < -0.39 is 0 Å². The van der Waals surface area contributed by atoms with Gasteiger partial charge < -0.3 is 10.1 Å². The molecule has 100 valence electrons. The minimum absolute atomic E-state index is 0.245. The minimum atomic E-state index is -0.268. The van der Waals surface area contributed by atoms with Crippen molar-refractivity contribution in [2.75, 3.05) is 7.11 Å². The van der Waals surface area contributed by atoms with Gasteiger partial charge in [0.05, 0.1) is 19.2 Å². The number of aromatic amines is 1. The van der Waals surface area contributed by atoms with Crippen molar-refractivity contribution in [2.24, 2.45) is 0 Å². The third-order valence-electron chi connectivity index (χ3n) is 2.46. The summed E-state index contributed by atoms with van der Waals surface area (Å²) in [4.78, 5) is 16.1. The lowest BCUT2D eigenvalue weighted by Gasteiger charge is -2.08. The van der Waals surface area contributed by atoms with Crippen molar-refractivity contribution in [1.29, 1.82) is 0 Å². The number of nitrogens with zero attached hydrogens (tertiary/aromatic N) is 2. The quantitative estimate of drug-likeness (QED) is 0.893. The van der Waals surface area contributed by atoms with Gasteiger partial charge in [0, 0.05) is 5.02 Å². The first kappa shape index (κ1) is 13.4. The Kier molecular flexibility index (Phi) is 4.01. The summed E-state index contributed by atoms with van der Waals surface area (Å²) in [6, 6.07) is 4.84. The Morgan fingerprint density at radius 1 is 1.53 bits per heavy atom. The summed E-state index contributed by atoms with van der Waals surface area (Å²) in [5, 5.41) is 9.87. The van der Waals surface area contributed by atoms with Crippen LogP contribution in [-0.4, -0.2) is 28.2 Å². The number of rotatable bonds is 4. The molecule has 1 aromatic carbocycles. The average Bonchev–Trinajstić information content (AvgIpc) is 2.81. The zero-order chi connectivity index (χ0) is 13.8. The van der Waals surface area contributed by atoms with E-state index in [1.54, 1.807) is 25.1 Å². The first-order valence-electron chi connectivity index (χ1n) is 5.60. The highest BCUT2D eigenvalue weighted by atomic mass is 35.5. The fourth-order valence-electron chi connectivity index (χ4n) is 1.58. The number of hydrogen-bond donors (Lipinski definition) is 2. The topological polar surface area (TPSA) is 79.9 Å². The Bertz CT molecular complexity index is 597. The van der Waals surface area contributed by atoms with E-state index in [2.05, 4.69) is 20.5 Å². The van der Waals surface area contributed by atoms with E-state index in [0.29, 0.717) is 28.0 Å². The summed E-state index contributed by atoms with van der Waals surface area (Å²) in [5.74, 6) is 1.39. The first-order valence-corrected chi connectivity index (χ1v) is 5.97. The van der Waals surface area contributed by atoms with Crippen molar-refractivity contribution >= 4 is 17.5 Å². The van der Waals surface area contributed by atoms with Crippen LogP contribution < -0.4 is 10.1 Å². The van der Waals surface area contributed by atoms with Crippen molar-refractivity contribution in [3.63, 3.8) is 0 Å². The van der Waals surface area contributed by atoms with E-state index in [-0.39, 0.29) is 12.5 Å². The molecule has 1 aromatic heterocycles. The zero-order valence-corrected chi connectivity index (χ0v) is 11.3. The zero-order valence-electron chi connectivity index (χ0n) is 10.5. The molecule has 0 bridgehead atoms. The van der Waals surface area contributed by atoms with Gasteiger partial charge in [-0.1, -0.05) is 11.6 Å². The standard InChI is InChI=1S/C12H13ClN4O2/c1-7-15-11(17-16-7)6-14-12(18)9-4-3-8(13)5-10(9)19-2/h3-5H,6H2,1-2H3,(H,14,18)(H,15,16,17). The summed E-state index contributed by atoms with van der Waals surface area (Å²) in [7, 11) is 1.49. The Morgan fingerprint density at radius 3 is 2.95 bits per heavy atom. The number of halogens is 1. The molecular weight excluding hydrogens is 268 g/mol. The molecule has 0 saturated heterocycles. The number of ether oxygens (including phenoxy) is 1. The molecule has 6 nitrogen and oxygen atoms in total. The fraction of sp³-hybridized carbons (Fsp3) is 0.250. The Labute approximate surface area is 115 Å². The summed E-state index contributed by atoms with van der Waals surface area (Å²) >= 11 is 5.84. The summed E-state index contributed by atoms with van der Waals surface area (Å²) in [5.41, 5.74) is 0.416. The van der Waals surface area contributed by atoms with Gasteiger partial charge in [-0.3, -0.25) is 9.89 Å². The molecule has 2 rings (SSSR count).